The predicted octanol–water partition coefficient (Wildman–Crippen LogP) is 1.94. The van der Waals surface area contributed by atoms with Crippen LogP contribution in [0.1, 0.15) is 33.3 Å². The summed E-state index contributed by atoms with van der Waals surface area (Å²) in [6.07, 6.45) is 3.24. The molecule has 126 valence electrons. The molecule has 24 heavy (non-hydrogen) atoms. The van der Waals surface area contributed by atoms with Gasteiger partial charge >= 0.3 is 13.1 Å². The van der Waals surface area contributed by atoms with E-state index in [1.54, 1.807) is 12.4 Å². The highest BCUT2D eigenvalue weighted by molar-refractivity contribution is 6.62. The number of hydrogen-bond acceptors (Lipinski definition) is 4. The van der Waals surface area contributed by atoms with Crippen LogP contribution >= 0.6 is 0 Å². The molecule has 0 spiro atoms. The van der Waals surface area contributed by atoms with Gasteiger partial charge in [0.25, 0.3) is 0 Å². The maximum Gasteiger partial charge on any atom is 0.498 e. The molecule has 1 aromatic heterocycles. The van der Waals surface area contributed by atoms with E-state index in [0.717, 1.165) is 11.0 Å². The first-order chi connectivity index (χ1) is 11.3. The van der Waals surface area contributed by atoms with E-state index in [1.807, 2.05) is 58.0 Å². The Hall–Kier alpha value is -2.12. The van der Waals surface area contributed by atoms with Crippen molar-refractivity contribution in [3.63, 3.8) is 0 Å². The zero-order valence-corrected chi connectivity index (χ0v) is 14.4. The van der Waals surface area contributed by atoms with Crippen molar-refractivity contribution in [1.82, 2.24) is 15.1 Å². The zero-order chi connectivity index (χ0) is 17.4. The fourth-order valence-corrected chi connectivity index (χ4v) is 2.40. The van der Waals surface area contributed by atoms with E-state index >= 15 is 0 Å². The van der Waals surface area contributed by atoms with Gasteiger partial charge in [0.05, 0.1) is 11.2 Å². The molecule has 0 saturated carbocycles. The highest BCUT2D eigenvalue weighted by Crippen LogP contribution is 2.36. The number of rotatable bonds is 3. The Kier molecular flexibility index (Phi) is 4.23. The van der Waals surface area contributed by atoms with E-state index in [4.69, 9.17) is 9.31 Å². The monoisotopic (exact) mass is 327 g/mol. The van der Waals surface area contributed by atoms with Crippen LogP contribution in [0.25, 0.3) is 0 Å². The van der Waals surface area contributed by atoms with E-state index in [0.29, 0.717) is 6.54 Å². The van der Waals surface area contributed by atoms with E-state index in [2.05, 4.69) is 10.4 Å². The van der Waals surface area contributed by atoms with Crippen molar-refractivity contribution in [2.75, 3.05) is 0 Å². The Morgan fingerprint density at radius 2 is 1.79 bits per heavy atom. The Morgan fingerprint density at radius 3 is 2.42 bits per heavy atom. The maximum absolute atomic E-state index is 12.2. The highest BCUT2D eigenvalue weighted by atomic mass is 16.7. The summed E-state index contributed by atoms with van der Waals surface area (Å²) in [4.78, 5) is 12.2. The lowest BCUT2D eigenvalue weighted by Crippen LogP contribution is -2.41. The summed E-state index contributed by atoms with van der Waals surface area (Å²) in [5.41, 5.74) is 0.915. The Morgan fingerprint density at radius 1 is 1.17 bits per heavy atom. The second kappa shape index (κ2) is 6.07. The van der Waals surface area contributed by atoms with Gasteiger partial charge in [0.15, 0.2) is 0 Å². The molecule has 6 nitrogen and oxygen atoms in total. The molecule has 0 bridgehead atoms. The molecule has 1 aliphatic heterocycles. The fourth-order valence-electron chi connectivity index (χ4n) is 2.40. The van der Waals surface area contributed by atoms with Gasteiger partial charge in [0.1, 0.15) is 0 Å². The summed E-state index contributed by atoms with van der Waals surface area (Å²) < 4.78 is 13.2. The van der Waals surface area contributed by atoms with Crippen molar-refractivity contribution in [3.05, 3.63) is 48.3 Å². The number of nitrogens with one attached hydrogen (secondary N) is 1. The molecule has 1 aliphatic rings. The number of nitrogens with zero attached hydrogens (tertiary/aromatic N) is 2. The quantitative estimate of drug-likeness (QED) is 0.875. The second-order valence-corrected chi connectivity index (χ2v) is 6.95. The average molecular weight is 327 g/mol. The van der Waals surface area contributed by atoms with E-state index < -0.39 is 18.3 Å². The molecule has 1 aromatic carbocycles. The Balaban J connectivity index is 1.64. The fraction of sp³-hybridized carbons (Fsp3) is 0.412. The van der Waals surface area contributed by atoms with Crippen molar-refractivity contribution >= 4 is 18.6 Å². The summed E-state index contributed by atoms with van der Waals surface area (Å²) in [7, 11) is -0.523. The molecule has 0 aliphatic carbocycles. The molecular formula is C17H22BN3O3. The van der Waals surface area contributed by atoms with Crippen LogP contribution in [0.4, 0.5) is 4.79 Å². The normalized spacial score (nSPS) is 18.6. The number of carbonyl (C=O) groups is 1. The van der Waals surface area contributed by atoms with Gasteiger partial charge in [-0.2, -0.15) is 9.78 Å². The van der Waals surface area contributed by atoms with Gasteiger partial charge in [0, 0.05) is 24.4 Å². The lowest BCUT2D eigenvalue weighted by Gasteiger charge is -2.32. The Labute approximate surface area is 142 Å². The molecule has 7 heteroatoms. The zero-order valence-electron chi connectivity index (χ0n) is 14.4. The summed E-state index contributed by atoms with van der Waals surface area (Å²) in [6.45, 7) is 8.41. The van der Waals surface area contributed by atoms with Crippen molar-refractivity contribution in [2.45, 2.75) is 45.4 Å². The first-order valence-electron chi connectivity index (χ1n) is 8.01. The molecule has 1 amide bonds. The molecule has 0 atom stereocenters. The van der Waals surface area contributed by atoms with Crippen molar-refractivity contribution in [1.29, 1.82) is 0 Å². The molecule has 2 heterocycles. The molecule has 2 aromatic rings. The molecule has 0 unspecified atom stereocenters. The summed E-state index contributed by atoms with van der Waals surface area (Å²) >= 11 is 0. The van der Waals surface area contributed by atoms with Crippen molar-refractivity contribution < 1.29 is 14.1 Å². The third-order valence-electron chi connectivity index (χ3n) is 4.62. The lowest BCUT2D eigenvalue weighted by molar-refractivity contribution is 0.00578. The third kappa shape index (κ3) is 3.23. The van der Waals surface area contributed by atoms with Crippen LogP contribution in [0.3, 0.4) is 0 Å². The standard InChI is InChI=1S/C17H22BN3O3/c1-16(2)17(3,4)24-18(23-16)14-11-20-21(12-14)15(22)19-10-13-8-6-5-7-9-13/h5-9,11-12H,10H2,1-4H3,(H,19,22). The predicted molar refractivity (Wildman–Crippen MR) is 92.0 cm³/mol. The molecule has 1 fully saturated rings. The van der Waals surface area contributed by atoms with Crippen LogP contribution in [0.2, 0.25) is 0 Å². The van der Waals surface area contributed by atoms with Crippen LogP contribution in [-0.2, 0) is 15.9 Å². The molecule has 0 radical (unpaired) electrons. The maximum atomic E-state index is 12.2. The minimum absolute atomic E-state index is 0.290. The Bertz CT molecular complexity index is 712. The summed E-state index contributed by atoms with van der Waals surface area (Å²) in [5, 5.41) is 6.94. The minimum Gasteiger partial charge on any atom is -0.399 e. The van der Waals surface area contributed by atoms with Gasteiger partial charge in [-0.05, 0) is 33.3 Å². The summed E-state index contributed by atoms with van der Waals surface area (Å²) in [5.74, 6) is 0. The van der Waals surface area contributed by atoms with Crippen LogP contribution in [0.5, 0.6) is 0 Å². The topological polar surface area (TPSA) is 65.4 Å². The lowest BCUT2D eigenvalue weighted by atomic mass is 9.82. The second-order valence-electron chi connectivity index (χ2n) is 6.95. The molecule has 1 saturated heterocycles. The van der Waals surface area contributed by atoms with Gasteiger partial charge in [-0.1, -0.05) is 30.3 Å². The van der Waals surface area contributed by atoms with Crippen LogP contribution in [-0.4, -0.2) is 34.1 Å². The van der Waals surface area contributed by atoms with Gasteiger partial charge < -0.3 is 14.6 Å². The smallest absolute Gasteiger partial charge is 0.399 e. The highest BCUT2D eigenvalue weighted by Gasteiger charge is 2.52. The number of hydrogen-bond donors (Lipinski definition) is 1. The molecule has 3 rings (SSSR count). The van der Waals surface area contributed by atoms with Gasteiger partial charge in [-0.3, -0.25) is 0 Å². The minimum atomic E-state index is -0.523. The van der Waals surface area contributed by atoms with Crippen LogP contribution in [0, 0.1) is 0 Å². The van der Waals surface area contributed by atoms with Crippen molar-refractivity contribution in [3.8, 4) is 0 Å². The van der Waals surface area contributed by atoms with E-state index in [-0.39, 0.29) is 6.03 Å². The molecular weight excluding hydrogens is 305 g/mol. The number of amides is 1. The number of aromatic nitrogens is 2. The number of carbonyl (C=O) groups excluding carboxylic acids is 1. The average Bonchev–Trinajstić information content (AvgIpc) is 3.09. The van der Waals surface area contributed by atoms with E-state index in [9.17, 15) is 4.79 Å². The van der Waals surface area contributed by atoms with Gasteiger partial charge in [-0.25, -0.2) is 4.79 Å². The SMILES string of the molecule is CC1(C)OB(c2cnn(C(=O)NCc3ccccc3)c2)OC1(C)C. The summed E-state index contributed by atoms with van der Waals surface area (Å²) in [6, 6.07) is 9.44. The van der Waals surface area contributed by atoms with Crippen molar-refractivity contribution in [2.24, 2.45) is 0 Å². The first-order valence-corrected chi connectivity index (χ1v) is 8.01. The van der Waals surface area contributed by atoms with Crippen LogP contribution < -0.4 is 10.8 Å². The van der Waals surface area contributed by atoms with Crippen LogP contribution in [0.15, 0.2) is 42.7 Å². The van der Waals surface area contributed by atoms with E-state index in [1.165, 1.54) is 4.68 Å². The third-order valence-corrected chi connectivity index (χ3v) is 4.62. The first kappa shape index (κ1) is 16.7. The van der Waals surface area contributed by atoms with Gasteiger partial charge in [-0.15, -0.1) is 0 Å². The van der Waals surface area contributed by atoms with Gasteiger partial charge in [0.2, 0.25) is 0 Å². The largest absolute Gasteiger partial charge is 0.498 e. The number of benzene rings is 1. The molecule has 1 N–H and O–H groups in total.